The number of nitrogens with zero attached hydrogens (tertiary/aromatic N) is 1. The zero-order chi connectivity index (χ0) is 20.0. The number of carbonyl (C=O) groups excluding carboxylic acids is 2. The highest BCUT2D eigenvalue weighted by Gasteiger charge is 2.43. The molecule has 0 aromatic rings. The van der Waals surface area contributed by atoms with Crippen LogP contribution in [0, 0.1) is 0 Å². The molecule has 0 saturated carbocycles. The van der Waals surface area contributed by atoms with Crippen LogP contribution in [0.2, 0.25) is 0 Å². The van der Waals surface area contributed by atoms with Crippen LogP contribution in [-0.2, 0) is 9.53 Å². The fraction of sp³-hybridized carbons (Fsp3) is 0.826. The summed E-state index contributed by atoms with van der Waals surface area (Å²) in [5.74, 6) is -0.0971. The Labute approximate surface area is 166 Å². The van der Waals surface area contributed by atoms with E-state index >= 15 is 0 Å². The first-order valence-corrected chi connectivity index (χ1v) is 11.1. The Morgan fingerprint density at radius 3 is 1.96 bits per heavy atom. The van der Waals surface area contributed by atoms with E-state index in [0.717, 1.165) is 19.3 Å². The molecule has 1 rings (SSSR count). The molecule has 1 aliphatic heterocycles. The highest BCUT2D eigenvalue weighted by molar-refractivity contribution is 5.94. The van der Waals surface area contributed by atoms with Gasteiger partial charge in [-0.25, -0.2) is 9.69 Å². The molecule has 0 N–H and O–H groups in total. The van der Waals surface area contributed by atoms with Crippen LogP contribution < -0.4 is 0 Å². The second-order valence-electron chi connectivity index (χ2n) is 8.43. The minimum Gasteiger partial charge on any atom is -0.447 e. The summed E-state index contributed by atoms with van der Waals surface area (Å²) in [5, 5.41) is 0. The number of carbonyl (C=O) groups is 2. The van der Waals surface area contributed by atoms with Gasteiger partial charge in [-0.3, -0.25) is 4.79 Å². The number of allylic oxidation sites excluding steroid dienone is 2. The van der Waals surface area contributed by atoms with E-state index in [0.29, 0.717) is 13.0 Å². The highest BCUT2D eigenvalue weighted by atomic mass is 16.6. The summed E-state index contributed by atoms with van der Waals surface area (Å²) in [6.45, 7) is 6.30. The third-order valence-corrected chi connectivity index (χ3v) is 5.24. The summed E-state index contributed by atoms with van der Waals surface area (Å²) >= 11 is 0. The smallest absolute Gasteiger partial charge is 0.417 e. The number of ether oxygens (including phenoxy) is 1. The average Bonchev–Trinajstić information content (AvgIpc) is 2.91. The van der Waals surface area contributed by atoms with Crippen molar-refractivity contribution in [1.29, 1.82) is 0 Å². The fourth-order valence-corrected chi connectivity index (χ4v) is 3.51. The Bertz CT molecular complexity index is 457. The molecule has 0 spiro atoms. The molecule has 1 fully saturated rings. The normalized spacial score (nSPS) is 16.3. The van der Waals surface area contributed by atoms with Gasteiger partial charge in [-0.05, 0) is 46.0 Å². The molecule has 4 nitrogen and oxygen atoms in total. The van der Waals surface area contributed by atoms with Crippen molar-refractivity contribution in [1.82, 2.24) is 4.90 Å². The van der Waals surface area contributed by atoms with Gasteiger partial charge in [0.1, 0.15) is 6.61 Å². The van der Waals surface area contributed by atoms with E-state index < -0.39 is 11.6 Å². The van der Waals surface area contributed by atoms with Crippen LogP contribution in [-0.4, -0.2) is 29.0 Å². The van der Waals surface area contributed by atoms with E-state index in [4.69, 9.17) is 4.74 Å². The lowest BCUT2D eigenvalue weighted by Gasteiger charge is -2.25. The van der Waals surface area contributed by atoms with Gasteiger partial charge in [-0.15, -0.1) is 0 Å². The number of unbranched alkanes of at least 4 members (excludes halogenated alkanes) is 11. The Morgan fingerprint density at radius 2 is 1.44 bits per heavy atom. The molecule has 2 amide bonds. The van der Waals surface area contributed by atoms with Gasteiger partial charge in [0.2, 0.25) is 5.91 Å². The predicted octanol–water partition coefficient (Wildman–Crippen LogP) is 6.78. The molecular formula is C23H41NO3. The summed E-state index contributed by atoms with van der Waals surface area (Å²) in [6.07, 6.45) is 20.7. The van der Waals surface area contributed by atoms with Crippen molar-refractivity contribution in [3.8, 4) is 0 Å². The molecule has 0 aromatic carbocycles. The fourth-order valence-electron chi connectivity index (χ4n) is 3.51. The summed E-state index contributed by atoms with van der Waals surface area (Å²) < 4.78 is 4.99. The lowest BCUT2D eigenvalue weighted by Crippen LogP contribution is -2.45. The lowest BCUT2D eigenvalue weighted by atomic mass is 10.0. The van der Waals surface area contributed by atoms with Crippen LogP contribution in [0.4, 0.5) is 4.79 Å². The summed E-state index contributed by atoms with van der Waals surface area (Å²) in [6, 6.07) is 0. The molecule has 0 aliphatic carbocycles. The summed E-state index contributed by atoms with van der Waals surface area (Å²) in [4.78, 5) is 25.2. The summed E-state index contributed by atoms with van der Waals surface area (Å²) in [5.41, 5.74) is -0.504. The van der Waals surface area contributed by atoms with Gasteiger partial charge < -0.3 is 4.74 Å². The van der Waals surface area contributed by atoms with Crippen LogP contribution in [0.15, 0.2) is 12.2 Å². The third kappa shape index (κ3) is 9.97. The lowest BCUT2D eigenvalue weighted by molar-refractivity contribution is -0.131. The van der Waals surface area contributed by atoms with Gasteiger partial charge in [0, 0.05) is 6.42 Å². The topological polar surface area (TPSA) is 46.6 Å². The number of hydrogen-bond donors (Lipinski definition) is 0. The molecule has 0 aromatic heterocycles. The van der Waals surface area contributed by atoms with Crippen LogP contribution >= 0.6 is 0 Å². The SMILES string of the molecule is CCCCCCCC/C=C/CCCCCCCC(=O)N1C(=O)OCC1(C)C. The molecule has 0 radical (unpaired) electrons. The minimum absolute atomic E-state index is 0.0971. The second kappa shape index (κ2) is 13.8. The number of rotatable bonds is 15. The second-order valence-corrected chi connectivity index (χ2v) is 8.43. The first kappa shape index (κ1) is 23.7. The average molecular weight is 380 g/mol. The van der Waals surface area contributed by atoms with Crippen LogP contribution in [0.25, 0.3) is 0 Å². The highest BCUT2D eigenvalue weighted by Crippen LogP contribution is 2.25. The largest absolute Gasteiger partial charge is 0.447 e. The van der Waals surface area contributed by atoms with E-state index in [1.165, 1.54) is 69.1 Å². The molecule has 27 heavy (non-hydrogen) atoms. The van der Waals surface area contributed by atoms with Crippen LogP contribution in [0.3, 0.4) is 0 Å². The van der Waals surface area contributed by atoms with Crippen molar-refractivity contribution >= 4 is 12.0 Å². The summed E-state index contributed by atoms with van der Waals surface area (Å²) in [7, 11) is 0. The van der Waals surface area contributed by atoms with Crippen molar-refractivity contribution in [2.45, 2.75) is 116 Å². The Morgan fingerprint density at radius 1 is 0.926 bits per heavy atom. The zero-order valence-corrected chi connectivity index (χ0v) is 17.9. The molecule has 0 unspecified atom stereocenters. The van der Waals surface area contributed by atoms with E-state index in [1.54, 1.807) is 0 Å². The predicted molar refractivity (Wildman–Crippen MR) is 112 cm³/mol. The van der Waals surface area contributed by atoms with E-state index in [1.807, 2.05) is 13.8 Å². The van der Waals surface area contributed by atoms with Crippen LogP contribution in [0.5, 0.6) is 0 Å². The number of cyclic esters (lactones) is 1. The first-order chi connectivity index (χ1) is 13.0. The maximum Gasteiger partial charge on any atom is 0.417 e. The number of hydrogen-bond acceptors (Lipinski definition) is 3. The molecule has 1 heterocycles. The van der Waals surface area contributed by atoms with Crippen molar-refractivity contribution in [2.75, 3.05) is 6.61 Å². The van der Waals surface area contributed by atoms with E-state index in [9.17, 15) is 9.59 Å². The Hall–Kier alpha value is -1.32. The van der Waals surface area contributed by atoms with Crippen molar-refractivity contribution in [2.24, 2.45) is 0 Å². The van der Waals surface area contributed by atoms with Crippen molar-refractivity contribution in [3.63, 3.8) is 0 Å². The molecule has 4 heteroatoms. The van der Waals surface area contributed by atoms with Crippen molar-refractivity contribution in [3.05, 3.63) is 12.2 Å². The number of amides is 2. The quantitative estimate of drug-likeness (QED) is 0.233. The molecular weight excluding hydrogens is 338 g/mol. The zero-order valence-electron chi connectivity index (χ0n) is 17.9. The van der Waals surface area contributed by atoms with Gasteiger partial charge in [0.25, 0.3) is 0 Å². The van der Waals surface area contributed by atoms with E-state index in [-0.39, 0.29) is 5.91 Å². The molecule has 156 valence electrons. The van der Waals surface area contributed by atoms with Gasteiger partial charge in [0.15, 0.2) is 0 Å². The molecule has 1 saturated heterocycles. The maximum absolute atomic E-state index is 12.2. The molecule has 1 aliphatic rings. The maximum atomic E-state index is 12.2. The third-order valence-electron chi connectivity index (χ3n) is 5.24. The van der Waals surface area contributed by atoms with E-state index in [2.05, 4.69) is 19.1 Å². The molecule has 0 bridgehead atoms. The number of imide groups is 1. The van der Waals surface area contributed by atoms with Gasteiger partial charge in [-0.1, -0.05) is 70.4 Å². The van der Waals surface area contributed by atoms with Gasteiger partial charge in [-0.2, -0.15) is 0 Å². The van der Waals surface area contributed by atoms with Gasteiger partial charge in [0.05, 0.1) is 5.54 Å². The molecule has 0 atom stereocenters. The monoisotopic (exact) mass is 379 g/mol. The Balaban J connectivity index is 1.92. The van der Waals surface area contributed by atoms with Gasteiger partial charge >= 0.3 is 6.09 Å². The Kier molecular flexibility index (Phi) is 12.1. The van der Waals surface area contributed by atoms with Crippen LogP contribution in [0.1, 0.15) is 111 Å². The standard InChI is InChI=1S/C23H41NO3/c1-4-5-6-7-8-9-10-11-12-13-14-15-16-17-18-19-21(25)24-22(26)27-20-23(24,2)3/h11-12H,4-10,13-20H2,1-3H3/b12-11+. The first-order valence-electron chi connectivity index (χ1n) is 11.1. The minimum atomic E-state index is -0.504. The van der Waals surface area contributed by atoms with Crippen molar-refractivity contribution < 1.29 is 14.3 Å².